The molecule has 31 heavy (non-hydrogen) atoms. The minimum atomic E-state index is -0.934. The zero-order chi connectivity index (χ0) is 21.2. The van der Waals surface area contributed by atoms with Crippen LogP contribution in [0.2, 0.25) is 0 Å². The SMILES string of the molecule is O=C(O[C@@H](C(=O)N1CCCCC1)c1ccccc1)c1c2c(nc3ccccc13)CCC2. The van der Waals surface area contributed by atoms with E-state index in [1.165, 1.54) is 0 Å². The fourth-order valence-corrected chi connectivity index (χ4v) is 4.78. The number of carbonyl (C=O) groups is 2. The van der Waals surface area contributed by atoms with Gasteiger partial charge >= 0.3 is 5.97 Å². The Morgan fingerprint density at radius 2 is 1.61 bits per heavy atom. The quantitative estimate of drug-likeness (QED) is 0.584. The molecule has 1 amide bonds. The smallest absolute Gasteiger partial charge is 0.340 e. The molecule has 2 heterocycles. The predicted molar refractivity (Wildman–Crippen MR) is 119 cm³/mol. The Bertz CT molecular complexity index is 1120. The molecule has 0 spiro atoms. The van der Waals surface area contributed by atoms with Gasteiger partial charge in [0.1, 0.15) is 0 Å². The summed E-state index contributed by atoms with van der Waals surface area (Å²) in [7, 11) is 0. The highest BCUT2D eigenvalue weighted by Gasteiger charge is 2.33. The van der Waals surface area contributed by atoms with E-state index in [1.54, 1.807) is 0 Å². The van der Waals surface area contributed by atoms with Gasteiger partial charge in [0, 0.05) is 29.7 Å². The number of pyridine rings is 1. The van der Waals surface area contributed by atoms with Crippen LogP contribution in [0.3, 0.4) is 0 Å². The lowest BCUT2D eigenvalue weighted by molar-refractivity contribution is -0.142. The van der Waals surface area contributed by atoms with Crippen LogP contribution in [-0.4, -0.2) is 34.8 Å². The van der Waals surface area contributed by atoms with Crippen LogP contribution in [0.4, 0.5) is 0 Å². The highest BCUT2D eigenvalue weighted by molar-refractivity contribution is 6.06. The standard InChI is InChI=1S/C26H26N2O3/c29-25(28-16-7-2-8-17-28)24(18-10-3-1-4-11-18)31-26(30)23-19-12-5-6-14-21(19)27-22-15-9-13-20(22)23/h1,3-6,10-12,14,24H,2,7-9,13,15-17H2/t24-/m1/s1. The number of hydrogen-bond donors (Lipinski definition) is 0. The highest BCUT2D eigenvalue weighted by Crippen LogP contribution is 2.32. The monoisotopic (exact) mass is 414 g/mol. The number of nitrogens with zero attached hydrogens (tertiary/aromatic N) is 2. The van der Waals surface area contributed by atoms with Gasteiger partial charge in [0.2, 0.25) is 6.10 Å². The van der Waals surface area contributed by atoms with E-state index in [0.717, 1.165) is 60.7 Å². The Morgan fingerprint density at radius 3 is 2.42 bits per heavy atom. The number of para-hydroxylation sites is 1. The van der Waals surface area contributed by atoms with Crippen LogP contribution in [0.1, 0.15) is 59.0 Å². The van der Waals surface area contributed by atoms with Gasteiger partial charge in [0.15, 0.2) is 0 Å². The molecule has 5 rings (SSSR count). The third-order valence-corrected chi connectivity index (χ3v) is 6.34. The third-order valence-electron chi connectivity index (χ3n) is 6.34. The number of ether oxygens (including phenoxy) is 1. The van der Waals surface area contributed by atoms with Gasteiger partial charge < -0.3 is 9.64 Å². The summed E-state index contributed by atoms with van der Waals surface area (Å²) in [6.45, 7) is 1.43. The number of esters is 1. The zero-order valence-electron chi connectivity index (χ0n) is 17.5. The molecule has 5 heteroatoms. The first-order valence-corrected chi connectivity index (χ1v) is 11.2. The Hall–Kier alpha value is -3.21. The van der Waals surface area contributed by atoms with E-state index < -0.39 is 12.1 Å². The molecule has 0 bridgehead atoms. The molecule has 1 aliphatic carbocycles. The van der Waals surface area contributed by atoms with Crippen LogP contribution in [0, 0.1) is 0 Å². The molecule has 3 aromatic rings. The number of hydrogen-bond acceptors (Lipinski definition) is 4. The fourth-order valence-electron chi connectivity index (χ4n) is 4.78. The molecule has 0 saturated carbocycles. The van der Waals surface area contributed by atoms with Crippen LogP contribution in [0.15, 0.2) is 54.6 Å². The van der Waals surface area contributed by atoms with Crippen LogP contribution >= 0.6 is 0 Å². The first kappa shape index (κ1) is 19.7. The average Bonchev–Trinajstić information content (AvgIpc) is 3.29. The topological polar surface area (TPSA) is 59.5 Å². The van der Waals surface area contributed by atoms with E-state index in [2.05, 4.69) is 0 Å². The third kappa shape index (κ3) is 3.80. The molecule has 0 radical (unpaired) electrons. The molecular formula is C26H26N2O3. The molecule has 1 saturated heterocycles. The first-order chi connectivity index (χ1) is 15.2. The maximum absolute atomic E-state index is 13.6. The van der Waals surface area contributed by atoms with Crippen molar-refractivity contribution in [1.29, 1.82) is 0 Å². The van der Waals surface area contributed by atoms with Crippen LogP contribution in [0.25, 0.3) is 10.9 Å². The van der Waals surface area contributed by atoms with Crippen molar-refractivity contribution in [3.05, 3.63) is 77.0 Å². The number of carbonyl (C=O) groups excluding carboxylic acids is 2. The van der Waals surface area contributed by atoms with Crippen molar-refractivity contribution in [1.82, 2.24) is 9.88 Å². The second kappa shape index (κ2) is 8.50. The van der Waals surface area contributed by atoms with Gasteiger partial charge in [-0.1, -0.05) is 48.5 Å². The number of benzene rings is 2. The van der Waals surface area contributed by atoms with E-state index in [-0.39, 0.29) is 5.91 Å². The maximum Gasteiger partial charge on any atom is 0.340 e. The molecule has 0 unspecified atom stereocenters. The van der Waals surface area contributed by atoms with Crippen molar-refractivity contribution in [2.75, 3.05) is 13.1 Å². The summed E-state index contributed by atoms with van der Waals surface area (Å²) in [6.07, 6.45) is 4.84. The van der Waals surface area contributed by atoms with Crippen LogP contribution < -0.4 is 0 Å². The van der Waals surface area contributed by atoms with E-state index >= 15 is 0 Å². The molecule has 158 valence electrons. The molecule has 1 fully saturated rings. The molecule has 1 aromatic heterocycles. The average molecular weight is 415 g/mol. The molecule has 5 nitrogen and oxygen atoms in total. The van der Waals surface area contributed by atoms with E-state index in [9.17, 15) is 9.59 Å². The second-order valence-corrected chi connectivity index (χ2v) is 8.36. The lowest BCUT2D eigenvalue weighted by Crippen LogP contribution is -2.40. The van der Waals surface area contributed by atoms with Crippen molar-refractivity contribution in [2.45, 2.75) is 44.6 Å². The van der Waals surface area contributed by atoms with E-state index in [4.69, 9.17) is 9.72 Å². The number of amides is 1. The van der Waals surface area contributed by atoms with Gasteiger partial charge in [-0.15, -0.1) is 0 Å². The predicted octanol–water partition coefficient (Wildman–Crippen LogP) is 4.63. The summed E-state index contributed by atoms with van der Waals surface area (Å²) in [5, 5.41) is 0.797. The first-order valence-electron chi connectivity index (χ1n) is 11.2. The molecule has 2 aromatic carbocycles. The summed E-state index contributed by atoms with van der Waals surface area (Å²) >= 11 is 0. The van der Waals surface area contributed by atoms with E-state index in [0.29, 0.717) is 24.2 Å². The number of aromatic nitrogens is 1. The molecule has 1 atom stereocenters. The normalized spacial score (nSPS) is 16.7. The maximum atomic E-state index is 13.6. The van der Waals surface area contributed by atoms with Crippen molar-refractivity contribution in [3.8, 4) is 0 Å². The van der Waals surface area contributed by atoms with E-state index in [1.807, 2.05) is 59.5 Å². The summed E-state index contributed by atoms with van der Waals surface area (Å²) in [6, 6.07) is 17.0. The Labute approximate surface area is 182 Å². The Morgan fingerprint density at radius 1 is 0.871 bits per heavy atom. The van der Waals surface area contributed by atoms with Crippen molar-refractivity contribution in [2.24, 2.45) is 0 Å². The molecule has 1 aliphatic heterocycles. The van der Waals surface area contributed by atoms with Crippen molar-refractivity contribution < 1.29 is 14.3 Å². The fraction of sp³-hybridized carbons (Fsp3) is 0.346. The van der Waals surface area contributed by atoms with Crippen LogP contribution in [0.5, 0.6) is 0 Å². The zero-order valence-corrected chi connectivity index (χ0v) is 17.5. The molecular weight excluding hydrogens is 388 g/mol. The number of fused-ring (bicyclic) bond motifs is 2. The van der Waals surface area contributed by atoms with Gasteiger partial charge in [-0.2, -0.15) is 0 Å². The number of likely N-dealkylation sites (tertiary alicyclic amines) is 1. The van der Waals surface area contributed by atoms with Gasteiger partial charge in [0.25, 0.3) is 5.91 Å². The summed E-state index contributed by atoms with van der Waals surface area (Å²) in [5.74, 6) is -0.565. The minimum absolute atomic E-state index is 0.130. The highest BCUT2D eigenvalue weighted by atomic mass is 16.5. The Kier molecular flexibility index (Phi) is 5.41. The minimum Gasteiger partial charge on any atom is -0.444 e. The Balaban J connectivity index is 1.53. The lowest BCUT2D eigenvalue weighted by atomic mass is 10.0. The number of rotatable bonds is 4. The number of piperidine rings is 1. The van der Waals surface area contributed by atoms with Gasteiger partial charge in [-0.25, -0.2) is 4.79 Å². The van der Waals surface area contributed by atoms with Crippen molar-refractivity contribution >= 4 is 22.8 Å². The second-order valence-electron chi connectivity index (χ2n) is 8.36. The van der Waals surface area contributed by atoms with Gasteiger partial charge in [0.05, 0.1) is 11.1 Å². The molecule has 2 aliphatic rings. The summed E-state index contributed by atoms with van der Waals surface area (Å²) in [4.78, 5) is 33.6. The van der Waals surface area contributed by atoms with Gasteiger partial charge in [-0.05, 0) is 50.2 Å². The number of aryl methyl sites for hydroxylation is 1. The van der Waals surface area contributed by atoms with Crippen molar-refractivity contribution in [3.63, 3.8) is 0 Å². The van der Waals surface area contributed by atoms with Gasteiger partial charge in [-0.3, -0.25) is 9.78 Å². The summed E-state index contributed by atoms with van der Waals surface area (Å²) in [5.41, 5.74) is 4.03. The largest absolute Gasteiger partial charge is 0.444 e. The van der Waals surface area contributed by atoms with Crippen LogP contribution in [-0.2, 0) is 22.4 Å². The lowest BCUT2D eigenvalue weighted by Gasteiger charge is -2.30. The molecule has 0 N–H and O–H groups in total. The summed E-state index contributed by atoms with van der Waals surface area (Å²) < 4.78 is 6.01.